The van der Waals surface area contributed by atoms with E-state index in [1.807, 2.05) is 0 Å². The minimum Gasteiger partial charge on any atom is -0.379 e. The highest BCUT2D eigenvalue weighted by molar-refractivity contribution is 7.87. The van der Waals surface area contributed by atoms with E-state index >= 15 is 0 Å². The quantitative estimate of drug-likeness (QED) is 0.745. The van der Waals surface area contributed by atoms with Gasteiger partial charge in [0.15, 0.2) is 0 Å². The second-order valence-corrected chi connectivity index (χ2v) is 6.71. The molecule has 1 atom stereocenters. The highest BCUT2D eigenvalue weighted by atomic mass is 32.2. The Morgan fingerprint density at radius 1 is 1.17 bits per heavy atom. The SMILES string of the molecule is CC(CNS(=O)(=O)N1CCOCC1)N1CCCC1. The summed E-state index contributed by atoms with van der Waals surface area (Å²) in [6, 6.07) is 0.267. The lowest BCUT2D eigenvalue weighted by molar-refractivity contribution is 0.0724. The molecule has 7 heteroatoms. The smallest absolute Gasteiger partial charge is 0.279 e. The lowest BCUT2D eigenvalue weighted by atomic mass is 10.3. The Morgan fingerprint density at radius 3 is 2.39 bits per heavy atom. The van der Waals surface area contributed by atoms with Crippen LogP contribution < -0.4 is 4.72 Å². The molecule has 0 aromatic rings. The van der Waals surface area contributed by atoms with Gasteiger partial charge < -0.3 is 4.74 Å². The van der Waals surface area contributed by atoms with Crippen LogP contribution >= 0.6 is 0 Å². The molecule has 0 radical (unpaired) electrons. The molecule has 2 fully saturated rings. The van der Waals surface area contributed by atoms with Crippen molar-refractivity contribution in [2.24, 2.45) is 0 Å². The summed E-state index contributed by atoms with van der Waals surface area (Å²) in [6.45, 7) is 6.61. The van der Waals surface area contributed by atoms with Crippen LogP contribution in [0.1, 0.15) is 19.8 Å². The third-order valence-corrected chi connectivity index (χ3v) is 5.21. The summed E-state index contributed by atoms with van der Waals surface area (Å²) in [5.74, 6) is 0. The van der Waals surface area contributed by atoms with Crippen LogP contribution in [0.4, 0.5) is 0 Å². The van der Waals surface area contributed by atoms with E-state index in [1.54, 1.807) is 0 Å². The molecule has 106 valence electrons. The Morgan fingerprint density at radius 2 is 1.78 bits per heavy atom. The summed E-state index contributed by atoms with van der Waals surface area (Å²) in [5, 5.41) is 0. The highest BCUT2D eigenvalue weighted by Gasteiger charge is 2.25. The third kappa shape index (κ3) is 3.64. The first kappa shape index (κ1) is 14.2. The Hall–Kier alpha value is -0.210. The maximum atomic E-state index is 12.0. The van der Waals surface area contributed by atoms with Crippen molar-refractivity contribution in [2.75, 3.05) is 45.9 Å². The van der Waals surface area contributed by atoms with E-state index in [1.165, 1.54) is 17.1 Å². The molecular formula is C11H23N3O3S. The summed E-state index contributed by atoms with van der Waals surface area (Å²) in [7, 11) is -3.33. The monoisotopic (exact) mass is 277 g/mol. The van der Waals surface area contributed by atoms with Gasteiger partial charge in [-0.3, -0.25) is 4.90 Å². The molecule has 2 heterocycles. The second kappa shape index (κ2) is 6.29. The van der Waals surface area contributed by atoms with Crippen LogP contribution in [0.5, 0.6) is 0 Å². The number of morpholine rings is 1. The van der Waals surface area contributed by atoms with Crippen LogP contribution in [0.3, 0.4) is 0 Å². The molecule has 0 aromatic carbocycles. The van der Waals surface area contributed by atoms with Gasteiger partial charge in [-0.1, -0.05) is 0 Å². The summed E-state index contributed by atoms with van der Waals surface area (Å²) < 4.78 is 33.4. The number of ether oxygens (including phenoxy) is 1. The van der Waals surface area contributed by atoms with Gasteiger partial charge in [-0.05, 0) is 32.9 Å². The average Bonchev–Trinajstić information content (AvgIpc) is 2.91. The van der Waals surface area contributed by atoms with E-state index in [0.717, 1.165) is 13.1 Å². The van der Waals surface area contributed by atoms with Crippen LogP contribution in [-0.4, -0.2) is 69.6 Å². The van der Waals surface area contributed by atoms with Gasteiger partial charge in [0.2, 0.25) is 0 Å². The van der Waals surface area contributed by atoms with Crippen molar-refractivity contribution >= 4 is 10.2 Å². The number of nitrogens with one attached hydrogen (secondary N) is 1. The fourth-order valence-electron chi connectivity index (χ4n) is 2.42. The zero-order valence-electron chi connectivity index (χ0n) is 11.0. The predicted molar refractivity (Wildman–Crippen MR) is 69.6 cm³/mol. The van der Waals surface area contributed by atoms with Crippen LogP contribution in [-0.2, 0) is 14.9 Å². The van der Waals surface area contributed by atoms with Crippen LogP contribution in [0, 0.1) is 0 Å². The summed E-state index contributed by atoms with van der Waals surface area (Å²) in [4.78, 5) is 2.34. The molecule has 0 aliphatic carbocycles. The lowest BCUT2D eigenvalue weighted by Crippen LogP contribution is -2.49. The molecule has 0 aromatic heterocycles. The Balaban J connectivity index is 1.80. The summed E-state index contributed by atoms with van der Waals surface area (Å²) in [5.41, 5.74) is 0. The minimum absolute atomic E-state index is 0.267. The Kier molecular flexibility index (Phi) is 4.97. The minimum atomic E-state index is -3.33. The molecule has 1 unspecified atom stereocenters. The van der Waals surface area contributed by atoms with Crippen LogP contribution in [0.15, 0.2) is 0 Å². The standard InChI is InChI=1S/C11H23N3O3S/c1-11(13-4-2-3-5-13)10-12-18(15,16)14-6-8-17-9-7-14/h11-12H,2-10H2,1H3. The largest absolute Gasteiger partial charge is 0.379 e. The van der Waals surface area contributed by atoms with Crippen molar-refractivity contribution < 1.29 is 13.2 Å². The van der Waals surface area contributed by atoms with Gasteiger partial charge in [-0.25, -0.2) is 4.72 Å². The maximum absolute atomic E-state index is 12.0. The Labute approximate surface area is 109 Å². The second-order valence-electron chi connectivity index (χ2n) is 4.96. The molecule has 0 bridgehead atoms. The molecule has 2 aliphatic heterocycles. The van der Waals surface area contributed by atoms with Gasteiger partial charge >= 0.3 is 0 Å². The molecule has 18 heavy (non-hydrogen) atoms. The van der Waals surface area contributed by atoms with Gasteiger partial charge in [0.05, 0.1) is 13.2 Å². The fraction of sp³-hybridized carbons (Fsp3) is 1.00. The number of rotatable bonds is 5. The third-order valence-electron chi connectivity index (χ3n) is 3.64. The summed E-state index contributed by atoms with van der Waals surface area (Å²) in [6.07, 6.45) is 2.45. The molecule has 2 rings (SSSR count). The average molecular weight is 277 g/mol. The van der Waals surface area contributed by atoms with E-state index in [4.69, 9.17) is 4.74 Å². The van der Waals surface area contributed by atoms with Crippen LogP contribution in [0.2, 0.25) is 0 Å². The van der Waals surface area contributed by atoms with E-state index in [2.05, 4.69) is 16.5 Å². The van der Waals surface area contributed by atoms with Gasteiger partial charge in [0.25, 0.3) is 10.2 Å². The zero-order chi connectivity index (χ0) is 13.0. The summed E-state index contributed by atoms with van der Waals surface area (Å²) >= 11 is 0. The zero-order valence-corrected chi connectivity index (χ0v) is 11.8. The number of hydrogen-bond acceptors (Lipinski definition) is 4. The predicted octanol–water partition coefficient (Wildman–Crippen LogP) is -0.363. The molecule has 2 aliphatic rings. The first-order chi connectivity index (χ1) is 8.59. The van der Waals surface area contributed by atoms with E-state index in [-0.39, 0.29) is 6.04 Å². The van der Waals surface area contributed by atoms with Gasteiger partial charge in [0.1, 0.15) is 0 Å². The van der Waals surface area contributed by atoms with Gasteiger partial charge in [-0.2, -0.15) is 12.7 Å². The van der Waals surface area contributed by atoms with E-state index < -0.39 is 10.2 Å². The Bertz CT molecular complexity index is 349. The molecule has 0 amide bonds. The molecule has 2 saturated heterocycles. The fourth-order valence-corrected chi connectivity index (χ4v) is 3.68. The van der Waals surface area contributed by atoms with Crippen molar-refractivity contribution in [3.8, 4) is 0 Å². The topological polar surface area (TPSA) is 61.9 Å². The molecule has 6 nitrogen and oxygen atoms in total. The highest BCUT2D eigenvalue weighted by Crippen LogP contribution is 2.11. The van der Waals surface area contributed by atoms with Crippen molar-refractivity contribution in [1.29, 1.82) is 0 Å². The molecular weight excluding hydrogens is 254 g/mol. The lowest BCUT2D eigenvalue weighted by Gasteiger charge is -2.28. The first-order valence-electron chi connectivity index (χ1n) is 6.66. The van der Waals surface area contributed by atoms with Crippen molar-refractivity contribution in [2.45, 2.75) is 25.8 Å². The number of likely N-dealkylation sites (tertiary alicyclic amines) is 1. The normalized spacial score (nSPS) is 25.4. The number of hydrogen-bond donors (Lipinski definition) is 1. The van der Waals surface area contributed by atoms with Gasteiger partial charge in [0, 0.05) is 25.7 Å². The van der Waals surface area contributed by atoms with Crippen molar-refractivity contribution in [3.05, 3.63) is 0 Å². The molecule has 0 spiro atoms. The maximum Gasteiger partial charge on any atom is 0.279 e. The molecule has 0 saturated carbocycles. The van der Waals surface area contributed by atoms with Crippen LogP contribution in [0.25, 0.3) is 0 Å². The van der Waals surface area contributed by atoms with E-state index in [0.29, 0.717) is 32.8 Å². The number of nitrogens with zero attached hydrogens (tertiary/aromatic N) is 2. The van der Waals surface area contributed by atoms with Crippen molar-refractivity contribution in [1.82, 2.24) is 13.9 Å². The van der Waals surface area contributed by atoms with Gasteiger partial charge in [-0.15, -0.1) is 0 Å². The van der Waals surface area contributed by atoms with Crippen molar-refractivity contribution in [3.63, 3.8) is 0 Å². The molecule has 1 N–H and O–H groups in total. The van der Waals surface area contributed by atoms with E-state index in [9.17, 15) is 8.42 Å². The first-order valence-corrected chi connectivity index (χ1v) is 8.10.